The summed E-state index contributed by atoms with van der Waals surface area (Å²) in [6.07, 6.45) is 4.19. The summed E-state index contributed by atoms with van der Waals surface area (Å²) in [5.74, 6) is 1.29. The standard InChI is InChI=1S/C13H18N4O2/c1-2-11(17-6-4-14-5-7-17)12-15-13(19-16-12)10-3-8-18-9-10/h3,8-9,11,14H,2,4-7H2,1H3. The van der Waals surface area contributed by atoms with Crippen LogP contribution in [0.3, 0.4) is 0 Å². The van der Waals surface area contributed by atoms with Gasteiger partial charge in [0.05, 0.1) is 17.9 Å². The van der Waals surface area contributed by atoms with Crippen LogP contribution in [0.15, 0.2) is 27.5 Å². The number of nitrogens with zero attached hydrogens (tertiary/aromatic N) is 3. The van der Waals surface area contributed by atoms with Crippen LogP contribution in [0.4, 0.5) is 0 Å². The Balaban J connectivity index is 1.79. The van der Waals surface area contributed by atoms with Gasteiger partial charge < -0.3 is 14.3 Å². The van der Waals surface area contributed by atoms with Crippen LogP contribution in [0.5, 0.6) is 0 Å². The third-order valence-corrected chi connectivity index (χ3v) is 3.49. The van der Waals surface area contributed by atoms with Crippen molar-refractivity contribution in [2.45, 2.75) is 19.4 Å². The fourth-order valence-electron chi connectivity index (χ4n) is 2.47. The summed E-state index contributed by atoms with van der Waals surface area (Å²) in [5, 5.41) is 7.48. The lowest BCUT2D eigenvalue weighted by atomic mass is 10.1. The van der Waals surface area contributed by atoms with Gasteiger partial charge >= 0.3 is 0 Å². The second-order valence-corrected chi connectivity index (χ2v) is 4.68. The van der Waals surface area contributed by atoms with Crippen molar-refractivity contribution in [3.63, 3.8) is 0 Å². The molecule has 0 spiro atoms. The first kappa shape index (κ1) is 12.4. The Labute approximate surface area is 111 Å². The zero-order valence-corrected chi connectivity index (χ0v) is 11.0. The maximum Gasteiger partial charge on any atom is 0.261 e. The van der Waals surface area contributed by atoms with Crippen LogP contribution in [0.1, 0.15) is 25.2 Å². The van der Waals surface area contributed by atoms with Crippen LogP contribution in [0, 0.1) is 0 Å². The van der Waals surface area contributed by atoms with E-state index in [0.29, 0.717) is 5.89 Å². The number of nitrogens with one attached hydrogen (secondary N) is 1. The molecule has 2 aromatic rings. The van der Waals surface area contributed by atoms with Crippen molar-refractivity contribution in [3.05, 3.63) is 24.4 Å². The van der Waals surface area contributed by atoms with E-state index in [1.807, 2.05) is 6.07 Å². The topological polar surface area (TPSA) is 67.3 Å². The SMILES string of the molecule is CCC(c1noc(-c2ccoc2)n1)N1CCNCC1. The molecule has 0 bridgehead atoms. The van der Waals surface area contributed by atoms with E-state index in [1.54, 1.807) is 12.5 Å². The minimum Gasteiger partial charge on any atom is -0.472 e. The predicted octanol–water partition coefficient (Wildman–Crippen LogP) is 1.69. The van der Waals surface area contributed by atoms with E-state index in [2.05, 4.69) is 27.3 Å². The van der Waals surface area contributed by atoms with E-state index in [1.165, 1.54) is 0 Å². The van der Waals surface area contributed by atoms with E-state index in [4.69, 9.17) is 8.94 Å². The van der Waals surface area contributed by atoms with E-state index >= 15 is 0 Å². The van der Waals surface area contributed by atoms with Crippen LogP contribution in [-0.4, -0.2) is 41.2 Å². The first-order valence-corrected chi connectivity index (χ1v) is 6.69. The largest absolute Gasteiger partial charge is 0.472 e. The second-order valence-electron chi connectivity index (χ2n) is 4.68. The molecule has 6 heteroatoms. The molecule has 19 heavy (non-hydrogen) atoms. The molecule has 0 saturated carbocycles. The van der Waals surface area contributed by atoms with Crippen molar-refractivity contribution in [1.82, 2.24) is 20.4 Å². The zero-order chi connectivity index (χ0) is 13.1. The normalized spacial score (nSPS) is 18.6. The van der Waals surface area contributed by atoms with Crippen LogP contribution in [0.25, 0.3) is 11.5 Å². The smallest absolute Gasteiger partial charge is 0.261 e. The average Bonchev–Trinajstić information content (AvgIpc) is 3.11. The Bertz CT molecular complexity index is 502. The molecule has 1 atom stereocenters. The molecule has 1 aliphatic rings. The van der Waals surface area contributed by atoms with Gasteiger partial charge in [-0.15, -0.1) is 0 Å². The summed E-state index contributed by atoms with van der Waals surface area (Å²) in [6, 6.07) is 2.05. The highest BCUT2D eigenvalue weighted by molar-refractivity contribution is 5.49. The highest BCUT2D eigenvalue weighted by Gasteiger charge is 2.25. The number of furan rings is 1. The number of hydrogen-bond donors (Lipinski definition) is 1. The van der Waals surface area contributed by atoms with Crippen LogP contribution < -0.4 is 5.32 Å². The molecule has 3 heterocycles. The zero-order valence-electron chi connectivity index (χ0n) is 11.0. The highest BCUT2D eigenvalue weighted by Crippen LogP contribution is 2.25. The molecule has 102 valence electrons. The molecule has 0 aromatic carbocycles. The molecule has 0 radical (unpaired) electrons. The van der Waals surface area contributed by atoms with Crippen molar-refractivity contribution >= 4 is 0 Å². The molecule has 0 aliphatic carbocycles. The average molecular weight is 262 g/mol. The van der Waals surface area contributed by atoms with E-state index in [9.17, 15) is 0 Å². The quantitative estimate of drug-likeness (QED) is 0.904. The van der Waals surface area contributed by atoms with E-state index in [-0.39, 0.29) is 6.04 Å². The van der Waals surface area contributed by atoms with Crippen molar-refractivity contribution < 1.29 is 8.94 Å². The predicted molar refractivity (Wildman–Crippen MR) is 69.5 cm³/mol. The Morgan fingerprint density at radius 3 is 2.95 bits per heavy atom. The number of aromatic nitrogens is 2. The third-order valence-electron chi connectivity index (χ3n) is 3.49. The first-order chi connectivity index (χ1) is 9.38. The summed E-state index contributed by atoms with van der Waals surface area (Å²) in [7, 11) is 0. The van der Waals surface area contributed by atoms with Crippen molar-refractivity contribution in [2.75, 3.05) is 26.2 Å². The molecular formula is C13H18N4O2. The third kappa shape index (κ3) is 2.54. The van der Waals surface area contributed by atoms with Crippen molar-refractivity contribution in [2.24, 2.45) is 0 Å². The molecule has 1 aliphatic heterocycles. The minimum absolute atomic E-state index is 0.228. The monoisotopic (exact) mass is 262 g/mol. The fraction of sp³-hybridized carbons (Fsp3) is 0.538. The Hall–Kier alpha value is -1.66. The lowest BCUT2D eigenvalue weighted by molar-refractivity contribution is 0.160. The van der Waals surface area contributed by atoms with Gasteiger partial charge in [-0.05, 0) is 12.5 Å². The Morgan fingerprint density at radius 1 is 1.42 bits per heavy atom. The molecule has 1 saturated heterocycles. The molecular weight excluding hydrogens is 244 g/mol. The summed E-state index contributed by atoms with van der Waals surface area (Å²) in [6.45, 7) is 6.23. The van der Waals surface area contributed by atoms with Gasteiger partial charge in [0.1, 0.15) is 6.26 Å². The van der Waals surface area contributed by atoms with Gasteiger partial charge in [-0.3, -0.25) is 4.90 Å². The number of hydrogen-bond acceptors (Lipinski definition) is 6. The summed E-state index contributed by atoms with van der Waals surface area (Å²) >= 11 is 0. The van der Waals surface area contributed by atoms with Gasteiger partial charge in [0.25, 0.3) is 5.89 Å². The lowest BCUT2D eigenvalue weighted by Gasteiger charge is -2.32. The maximum atomic E-state index is 5.32. The van der Waals surface area contributed by atoms with E-state index < -0.39 is 0 Å². The fourth-order valence-corrected chi connectivity index (χ4v) is 2.47. The molecule has 1 N–H and O–H groups in total. The molecule has 3 rings (SSSR count). The Morgan fingerprint density at radius 2 is 2.26 bits per heavy atom. The molecule has 0 amide bonds. The van der Waals surface area contributed by atoms with E-state index in [0.717, 1.165) is 44.0 Å². The van der Waals surface area contributed by atoms with Gasteiger partial charge in [-0.2, -0.15) is 4.98 Å². The van der Waals surface area contributed by atoms with Gasteiger partial charge in [0, 0.05) is 26.2 Å². The summed E-state index contributed by atoms with van der Waals surface area (Å²) < 4.78 is 10.4. The molecule has 1 unspecified atom stereocenters. The van der Waals surface area contributed by atoms with Crippen molar-refractivity contribution in [1.29, 1.82) is 0 Å². The molecule has 1 fully saturated rings. The molecule has 6 nitrogen and oxygen atoms in total. The number of rotatable bonds is 4. The minimum atomic E-state index is 0.228. The first-order valence-electron chi connectivity index (χ1n) is 6.69. The van der Waals surface area contributed by atoms with Crippen molar-refractivity contribution in [3.8, 4) is 11.5 Å². The lowest BCUT2D eigenvalue weighted by Crippen LogP contribution is -2.45. The van der Waals surface area contributed by atoms with Gasteiger partial charge in [-0.1, -0.05) is 12.1 Å². The van der Waals surface area contributed by atoms with Crippen LogP contribution in [-0.2, 0) is 0 Å². The van der Waals surface area contributed by atoms with Gasteiger partial charge in [0.2, 0.25) is 0 Å². The number of piperazine rings is 1. The summed E-state index contributed by atoms with van der Waals surface area (Å²) in [5.41, 5.74) is 0.828. The molecule has 2 aromatic heterocycles. The van der Waals surface area contributed by atoms with Gasteiger partial charge in [-0.25, -0.2) is 0 Å². The van der Waals surface area contributed by atoms with Crippen LogP contribution >= 0.6 is 0 Å². The maximum absolute atomic E-state index is 5.32. The Kier molecular flexibility index (Phi) is 3.61. The summed E-state index contributed by atoms with van der Waals surface area (Å²) in [4.78, 5) is 6.90. The van der Waals surface area contributed by atoms with Gasteiger partial charge in [0.15, 0.2) is 5.82 Å². The highest BCUT2D eigenvalue weighted by atomic mass is 16.5. The second kappa shape index (κ2) is 5.54. The van der Waals surface area contributed by atoms with Crippen LogP contribution in [0.2, 0.25) is 0 Å².